The van der Waals surface area contributed by atoms with Gasteiger partial charge in [-0.05, 0) is 25.7 Å². The second kappa shape index (κ2) is 5.49. The Morgan fingerprint density at radius 3 is 3.18 bits per heavy atom. The molecule has 0 spiro atoms. The van der Waals surface area contributed by atoms with E-state index in [-0.39, 0.29) is 6.03 Å². The zero-order valence-electron chi connectivity index (χ0n) is 10.4. The Morgan fingerprint density at radius 1 is 1.71 bits per heavy atom. The van der Waals surface area contributed by atoms with E-state index in [2.05, 4.69) is 17.2 Å². The van der Waals surface area contributed by atoms with E-state index >= 15 is 0 Å². The third-order valence-corrected chi connectivity index (χ3v) is 3.85. The van der Waals surface area contributed by atoms with Crippen LogP contribution in [-0.4, -0.2) is 29.0 Å². The van der Waals surface area contributed by atoms with Crippen molar-refractivity contribution in [2.24, 2.45) is 5.92 Å². The first-order valence-corrected chi connectivity index (χ1v) is 6.97. The van der Waals surface area contributed by atoms with Crippen LogP contribution in [0, 0.1) is 12.8 Å². The number of urea groups is 1. The maximum Gasteiger partial charge on any atom is 0.317 e. The maximum atomic E-state index is 11.9. The van der Waals surface area contributed by atoms with Crippen LogP contribution < -0.4 is 5.32 Å². The predicted octanol–water partition coefficient (Wildman–Crippen LogP) is 2.39. The summed E-state index contributed by atoms with van der Waals surface area (Å²) in [5, 5.41) is 5.97. The van der Waals surface area contributed by atoms with Crippen molar-refractivity contribution in [3.05, 3.63) is 16.1 Å². The second-order valence-corrected chi connectivity index (χ2v) is 5.77. The number of aromatic nitrogens is 1. The zero-order valence-corrected chi connectivity index (χ0v) is 11.2. The highest BCUT2D eigenvalue weighted by atomic mass is 32.1. The predicted molar refractivity (Wildman–Crippen MR) is 69.1 cm³/mol. The first kappa shape index (κ1) is 12.4. The van der Waals surface area contributed by atoms with Crippen LogP contribution in [0.2, 0.25) is 0 Å². The lowest BCUT2D eigenvalue weighted by molar-refractivity contribution is 0.169. The highest BCUT2D eigenvalue weighted by Crippen LogP contribution is 2.15. The van der Waals surface area contributed by atoms with E-state index < -0.39 is 0 Å². The van der Waals surface area contributed by atoms with Gasteiger partial charge in [0.1, 0.15) is 0 Å². The first-order chi connectivity index (χ1) is 8.15. The van der Waals surface area contributed by atoms with E-state index in [0.29, 0.717) is 12.5 Å². The van der Waals surface area contributed by atoms with Gasteiger partial charge in [-0.15, -0.1) is 11.3 Å². The fourth-order valence-corrected chi connectivity index (χ4v) is 2.75. The van der Waals surface area contributed by atoms with Crippen molar-refractivity contribution in [3.63, 3.8) is 0 Å². The highest BCUT2D eigenvalue weighted by Gasteiger charge is 2.20. The van der Waals surface area contributed by atoms with Crippen LogP contribution in [0.15, 0.2) is 5.38 Å². The Bertz CT molecular complexity index is 391. The summed E-state index contributed by atoms with van der Waals surface area (Å²) in [6, 6.07) is 0.0437. The average molecular weight is 253 g/mol. The molecule has 4 nitrogen and oxygen atoms in total. The van der Waals surface area contributed by atoms with Crippen LogP contribution in [0.25, 0.3) is 0 Å². The molecule has 0 unspecified atom stereocenters. The van der Waals surface area contributed by atoms with E-state index in [9.17, 15) is 4.79 Å². The number of carbonyl (C=O) groups is 1. The second-order valence-electron chi connectivity index (χ2n) is 4.71. The summed E-state index contributed by atoms with van der Waals surface area (Å²) < 4.78 is 0. The molecule has 1 aliphatic rings. The molecule has 1 N–H and O–H groups in total. The molecule has 1 aromatic heterocycles. The van der Waals surface area contributed by atoms with E-state index in [1.165, 1.54) is 6.42 Å². The van der Waals surface area contributed by atoms with Gasteiger partial charge in [0.15, 0.2) is 0 Å². The molecule has 0 saturated carbocycles. The topological polar surface area (TPSA) is 45.2 Å². The zero-order chi connectivity index (χ0) is 12.3. The number of thiazole rings is 1. The van der Waals surface area contributed by atoms with Crippen LogP contribution in [0.1, 0.15) is 30.5 Å². The van der Waals surface area contributed by atoms with Crippen LogP contribution in [0.4, 0.5) is 4.79 Å². The van der Waals surface area contributed by atoms with Gasteiger partial charge < -0.3 is 10.2 Å². The fourth-order valence-electron chi connectivity index (χ4n) is 2.14. The minimum Gasteiger partial charge on any atom is -0.332 e. The molecule has 1 aliphatic heterocycles. The van der Waals surface area contributed by atoms with Crippen molar-refractivity contribution in [2.75, 3.05) is 13.1 Å². The van der Waals surface area contributed by atoms with Gasteiger partial charge in [0, 0.05) is 18.5 Å². The molecule has 0 radical (unpaired) electrons. The molecule has 2 heterocycles. The summed E-state index contributed by atoms with van der Waals surface area (Å²) in [7, 11) is 0. The molecule has 0 bridgehead atoms. The van der Waals surface area contributed by atoms with Gasteiger partial charge in [0.05, 0.1) is 17.2 Å². The average Bonchev–Trinajstić information content (AvgIpc) is 2.72. The lowest BCUT2D eigenvalue weighted by atomic mass is 10.0. The normalized spacial score (nSPS) is 20.4. The van der Waals surface area contributed by atoms with Gasteiger partial charge >= 0.3 is 6.03 Å². The first-order valence-electron chi connectivity index (χ1n) is 6.09. The Balaban J connectivity index is 1.80. The summed E-state index contributed by atoms with van der Waals surface area (Å²) in [5.74, 6) is 0.621. The molecule has 0 aromatic carbocycles. The smallest absolute Gasteiger partial charge is 0.317 e. The third kappa shape index (κ3) is 3.43. The van der Waals surface area contributed by atoms with Gasteiger partial charge in [-0.3, -0.25) is 0 Å². The summed E-state index contributed by atoms with van der Waals surface area (Å²) in [6.45, 7) is 6.47. The standard InChI is InChI=1S/C12H19N3OS/c1-9-4-3-5-15(7-9)12(16)13-6-11-8-17-10(2)14-11/h8-9H,3-7H2,1-2H3,(H,13,16)/t9-/m1/s1. The van der Waals surface area contributed by atoms with Crippen molar-refractivity contribution < 1.29 is 4.79 Å². The molecule has 2 amide bonds. The Morgan fingerprint density at radius 2 is 2.53 bits per heavy atom. The molecular weight excluding hydrogens is 234 g/mol. The van der Waals surface area contributed by atoms with Crippen molar-refractivity contribution in [2.45, 2.75) is 33.2 Å². The number of nitrogens with one attached hydrogen (secondary N) is 1. The molecule has 1 saturated heterocycles. The number of carbonyl (C=O) groups excluding carboxylic acids is 1. The van der Waals surface area contributed by atoms with E-state index in [0.717, 1.165) is 30.2 Å². The van der Waals surface area contributed by atoms with E-state index in [1.54, 1.807) is 11.3 Å². The number of rotatable bonds is 2. The van der Waals surface area contributed by atoms with Gasteiger partial charge in [-0.25, -0.2) is 9.78 Å². The van der Waals surface area contributed by atoms with Crippen LogP contribution in [0.3, 0.4) is 0 Å². The van der Waals surface area contributed by atoms with Crippen molar-refractivity contribution in [3.8, 4) is 0 Å². The molecule has 0 aliphatic carbocycles. The molecule has 1 aromatic rings. The van der Waals surface area contributed by atoms with Crippen LogP contribution in [-0.2, 0) is 6.54 Å². The van der Waals surface area contributed by atoms with E-state index in [4.69, 9.17) is 0 Å². The van der Waals surface area contributed by atoms with Crippen molar-refractivity contribution in [1.29, 1.82) is 0 Å². The SMILES string of the molecule is Cc1nc(CNC(=O)N2CCC[C@@H](C)C2)cs1. The summed E-state index contributed by atoms with van der Waals surface area (Å²) in [6.07, 6.45) is 2.35. The molecule has 2 rings (SSSR count). The fraction of sp³-hybridized carbons (Fsp3) is 0.667. The Kier molecular flexibility index (Phi) is 3.99. The van der Waals surface area contributed by atoms with E-state index in [1.807, 2.05) is 17.2 Å². The minimum atomic E-state index is 0.0437. The Hall–Kier alpha value is -1.10. The largest absolute Gasteiger partial charge is 0.332 e. The number of amides is 2. The number of aryl methyl sites for hydroxylation is 1. The van der Waals surface area contributed by atoms with Gasteiger partial charge in [-0.1, -0.05) is 6.92 Å². The van der Waals surface area contributed by atoms with Gasteiger partial charge in [0.25, 0.3) is 0 Å². The highest BCUT2D eigenvalue weighted by molar-refractivity contribution is 7.09. The number of hydrogen-bond donors (Lipinski definition) is 1. The molecule has 1 atom stereocenters. The Labute approximate surface area is 106 Å². The molecule has 5 heteroatoms. The molecule has 17 heavy (non-hydrogen) atoms. The number of likely N-dealkylation sites (tertiary alicyclic amines) is 1. The number of nitrogens with zero attached hydrogens (tertiary/aromatic N) is 2. The van der Waals surface area contributed by atoms with Gasteiger partial charge in [-0.2, -0.15) is 0 Å². The summed E-state index contributed by atoms with van der Waals surface area (Å²) in [4.78, 5) is 18.2. The van der Waals surface area contributed by atoms with Crippen LogP contribution >= 0.6 is 11.3 Å². The quantitative estimate of drug-likeness (QED) is 0.879. The minimum absolute atomic E-state index is 0.0437. The van der Waals surface area contributed by atoms with Crippen LogP contribution in [0.5, 0.6) is 0 Å². The summed E-state index contributed by atoms with van der Waals surface area (Å²) >= 11 is 1.62. The van der Waals surface area contributed by atoms with Crippen molar-refractivity contribution >= 4 is 17.4 Å². The third-order valence-electron chi connectivity index (χ3n) is 3.03. The monoisotopic (exact) mass is 253 g/mol. The maximum absolute atomic E-state index is 11.9. The molecule has 1 fully saturated rings. The molecule has 94 valence electrons. The number of hydrogen-bond acceptors (Lipinski definition) is 3. The van der Waals surface area contributed by atoms with Crippen molar-refractivity contribution in [1.82, 2.24) is 15.2 Å². The lowest BCUT2D eigenvalue weighted by Crippen LogP contribution is -2.44. The van der Waals surface area contributed by atoms with Gasteiger partial charge in [0.2, 0.25) is 0 Å². The lowest BCUT2D eigenvalue weighted by Gasteiger charge is -2.30. The summed E-state index contributed by atoms with van der Waals surface area (Å²) in [5.41, 5.74) is 0.950. The molecular formula is C12H19N3OS. The number of piperidine rings is 1.